The second kappa shape index (κ2) is 20.6. The summed E-state index contributed by atoms with van der Waals surface area (Å²) in [6.45, 7) is 15.2. The Hall–Kier alpha value is -4.18. The molecule has 0 amide bonds. The van der Waals surface area contributed by atoms with Crippen LogP contribution in [-0.4, -0.2) is 59.8 Å². The van der Waals surface area contributed by atoms with E-state index in [1.54, 1.807) is 0 Å². The lowest BCUT2D eigenvalue weighted by Crippen LogP contribution is -2.57. The van der Waals surface area contributed by atoms with Gasteiger partial charge in [0.15, 0.2) is 0 Å². The molecule has 0 atom stereocenters. The Kier molecular flexibility index (Phi) is 16.3. The Morgan fingerprint density at radius 3 is 0.750 bits per heavy atom. The fraction of sp³-hybridized carbons (Fsp3) is 0.321. The molecule has 0 unspecified atom stereocenters. The third-order valence-corrected chi connectivity index (χ3v) is 14.5. The van der Waals surface area contributed by atoms with E-state index in [0.29, 0.717) is 11.1 Å². The Labute approximate surface area is 381 Å². The lowest BCUT2D eigenvalue weighted by atomic mass is 9.55. The SMILES string of the molecule is CC(C)(c1ccccc1)c1cccc(C(C)(C)c2ccccc2)c1C(O)(c1c(C(C)(C)c2ccccc2)cccc1C(C)(C)c1ccccc1)C(CO)(CO)CO.OP(O)OP(O)O. The Bertz CT molecular complexity index is 2100. The normalized spacial score (nSPS) is 12.9. The van der Waals surface area contributed by atoms with Crippen LogP contribution in [0.1, 0.15) is 111 Å². The standard InChI is InChI=1S/C53H60O4.H4O5P2/c1-48(2,38-23-13-9-14-24-38)42-31-21-32-43(49(3,4)39-25-15-10-16-26-39)46(42)53(57,52(35-54,36-55)37-56)47-44(50(5,6)40-27-17-11-18-28-40)33-22-34-45(47)51(7,8)41-29-19-12-20-30-41;1-6(2)5-7(3)4/h9-34,54-57H,35-37H2,1-8H3;1-4H. The van der Waals surface area contributed by atoms with Crippen LogP contribution in [0.5, 0.6) is 0 Å². The number of hydrogen-bond acceptors (Lipinski definition) is 9. The van der Waals surface area contributed by atoms with Crippen molar-refractivity contribution in [2.75, 3.05) is 19.8 Å². The van der Waals surface area contributed by atoms with E-state index in [1.807, 2.05) is 72.8 Å². The highest BCUT2D eigenvalue weighted by atomic mass is 31.2. The number of aliphatic hydroxyl groups is 4. The zero-order chi connectivity index (χ0) is 47.1. The lowest BCUT2D eigenvalue weighted by molar-refractivity contribution is -0.138. The molecule has 340 valence electrons. The number of aliphatic hydroxyl groups excluding tert-OH is 3. The largest absolute Gasteiger partial charge is 0.395 e. The summed E-state index contributed by atoms with van der Waals surface area (Å²) in [4.78, 5) is 31.3. The Balaban J connectivity index is 0.00000102. The van der Waals surface area contributed by atoms with Crippen LogP contribution in [0.2, 0.25) is 0 Å². The van der Waals surface area contributed by atoms with E-state index in [2.05, 4.69) is 145 Å². The summed E-state index contributed by atoms with van der Waals surface area (Å²) in [5, 5.41) is 50.3. The molecule has 0 aliphatic carbocycles. The summed E-state index contributed by atoms with van der Waals surface area (Å²) in [5.41, 5.74) is 1.72. The molecule has 6 aromatic rings. The van der Waals surface area contributed by atoms with Crippen LogP contribution >= 0.6 is 17.2 Å². The topological polar surface area (TPSA) is 171 Å². The van der Waals surface area contributed by atoms with Gasteiger partial charge in [0, 0.05) is 21.7 Å². The smallest absolute Gasteiger partial charge is 0.334 e. The predicted molar refractivity (Wildman–Crippen MR) is 258 cm³/mol. The number of hydrogen-bond donors (Lipinski definition) is 8. The van der Waals surface area contributed by atoms with Crippen LogP contribution in [0.3, 0.4) is 0 Å². The molecule has 6 rings (SSSR count). The number of rotatable bonds is 16. The number of benzene rings is 6. The highest BCUT2D eigenvalue weighted by Crippen LogP contribution is 2.57. The van der Waals surface area contributed by atoms with E-state index >= 15 is 0 Å². The molecule has 0 bridgehead atoms. The van der Waals surface area contributed by atoms with Crippen molar-refractivity contribution >= 4 is 17.2 Å². The monoisotopic (exact) mass is 906 g/mol. The van der Waals surface area contributed by atoms with E-state index < -0.39 is 69.7 Å². The molecule has 8 N–H and O–H groups in total. The van der Waals surface area contributed by atoms with Crippen LogP contribution in [0.25, 0.3) is 0 Å². The molecule has 0 saturated carbocycles. The minimum atomic E-state index is -2.61. The molecule has 0 heterocycles. The lowest BCUT2D eigenvalue weighted by Gasteiger charge is -2.52. The van der Waals surface area contributed by atoms with Crippen molar-refractivity contribution in [1.29, 1.82) is 0 Å². The molecule has 9 nitrogen and oxygen atoms in total. The van der Waals surface area contributed by atoms with Gasteiger partial charge in [-0.15, -0.1) is 0 Å². The van der Waals surface area contributed by atoms with E-state index in [4.69, 9.17) is 19.6 Å². The van der Waals surface area contributed by atoms with Crippen LogP contribution in [-0.2, 0) is 31.6 Å². The maximum atomic E-state index is 14.9. The summed E-state index contributed by atoms with van der Waals surface area (Å²) in [7, 11) is -5.22. The third-order valence-electron chi connectivity index (χ3n) is 13.3. The van der Waals surface area contributed by atoms with Crippen molar-refractivity contribution in [3.8, 4) is 0 Å². The van der Waals surface area contributed by atoms with Crippen LogP contribution in [0, 0.1) is 5.41 Å². The molecule has 0 aliphatic heterocycles. The molecule has 0 spiro atoms. The first kappa shape index (κ1) is 50.8. The van der Waals surface area contributed by atoms with Gasteiger partial charge in [0.05, 0.1) is 25.2 Å². The Morgan fingerprint density at radius 1 is 0.359 bits per heavy atom. The summed E-state index contributed by atoms with van der Waals surface area (Å²) in [5.74, 6) is 0. The molecule has 64 heavy (non-hydrogen) atoms. The first-order valence-corrected chi connectivity index (χ1v) is 23.6. The third kappa shape index (κ3) is 9.83. The average Bonchev–Trinajstić information content (AvgIpc) is 3.30. The zero-order valence-corrected chi connectivity index (χ0v) is 39.8. The fourth-order valence-electron chi connectivity index (χ4n) is 9.22. The van der Waals surface area contributed by atoms with Gasteiger partial charge in [-0.1, -0.05) is 213 Å². The highest BCUT2D eigenvalue weighted by molar-refractivity contribution is 7.53. The quantitative estimate of drug-likeness (QED) is 0.0441. The maximum Gasteiger partial charge on any atom is 0.334 e. The van der Waals surface area contributed by atoms with E-state index in [-0.39, 0.29) is 0 Å². The van der Waals surface area contributed by atoms with E-state index in [9.17, 15) is 20.4 Å². The van der Waals surface area contributed by atoms with Gasteiger partial charge in [0.2, 0.25) is 0 Å². The van der Waals surface area contributed by atoms with Gasteiger partial charge in [-0.2, -0.15) is 0 Å². The predicted octanol–water partition coefficient (Wildman–Crippen LogP) is 9.62. The highest BCUT2D eigenvalue weighted by Gasteiger charge is 2.59. The second-order valence-electron chi connectivity index (χ2n) is 18.5. The van der Waals surface area contributed by atoms with Crippen molar-refractivity contribution in [3.05, 3.63) is 213 Å². The van der Waals surface area contributed by atoms with Crippen molar-refractivity contribution in [1.82, 2.24) is 0 Å². The van der Waals surface area contributed by atoms with Crippen molar-refractivity contribution in [2.24, 2.45) is 5.41 Å². The molecule has 0 aliphatic rings. The molecule has 0 aromatic heterocycles. The average molecular weight is 907 g/mol. The van der Waals surface area contributed by atoms with Gasteiger partial charge in [0.25, 0.3) is 0 Å². The first-order chi connectivity index (χ1) is 30.2. The second-order valence-corrected chi connectivity index (χ2v) is 20.1. The maximum absolute atomic E-state index is 14.9. The molecular weight excluding hydrogens is 843 g/mol. The van der Waals surface area contributed by atoms with E-state index in [1.165, 1.54) is 0 Å². The molecule has 0 saturated heterocycles. The van der Waals surface area contributed by atoms with Gasteiger partial charge >= 0.3 is 17.2 Å². The van der Waals surface area contributed by atoms with E-state index in [0.717, 1.165) is 44.5 Å². The minimum Gasteiger partial charge on any atom is -0.395 e. The molecule has 0 fully saturated rings. The molecular formula is C53H64O9P2. The first-order valence-electron chi connectivity index (χ1n) is 21.3. The van der Waals surface area contributed by atoms with Gasteiger partial charge in [-0.05, 0) is 55.6 Å². The zero-order valence-electron chi connectivity index (χ0n) is 38.0. The van der Waals surface area contributed by atoms with Crippen molar-refractivity contribution < 1.29 is 44.3 Å². The van der Waals surface area contributed by atoms with Crippen LogP contribution < -0.4 is 0 Å². The van der Waals surface area contributed by atoms with Crippen molar-refractivity contribution in [3.63, 3.8) is 0 Å². The molecule has 11 heteroatoms. The van der Waals surface area contributed by atoms with Gasteiger partial charge in [-0.3, -0.25) is 0 Å². The minimum absolute atomic E-state index is 0.561. The summed E-state index contributed by atoms with van der Waals surface area (Å²) >= 11 is 0. The summed E-state index contributed by atoms with van der Waals surface area (Å²) in [6, 6.07) is 53.4. The summed E-state index contributed by atoms with van der Waals surface area (Å²) < 4.78 is 3.60. The van der Waals surface area contributed by atoms with Crippen LogP contribution in [0.4, 0.5) is 0 Å². The molecule has 6 aromatic carbocycles. The summed E-state index contributed by atoms with van der Waals surface area (Å²) in [6.07, 6.45) is 0. The molecule has 0 radical (unpaired) electrons. The Morgan fingerprint density at radius 2 is 0.578 bits per heavy atom. The van der Waals surface area contributed by atoms with Crippen molar-refractivity contribution in [2.45, 2.75) is 82.7 Å². The van der Waals surface area contributed by atoms with Gasteiger partial charge in [0.1, 0.15) is 5.60 Å². The van der Waals surface area contributed by atoms with Crippen LogP contribution in [0.15, 0.2) is 158 Å². The fourth-order valence-corrected chi connectivity index (χ4v) is 9.75. The van der Waals surface area contributed by atoms with Gasteiger partial charge in [-0.25, -0.2) is 4.31 Å². The van der Waals surface area contributed by atoms with Gasteiger partial charge < -0.3 is 40.0 Å².